The molecule has 2 fully saturated rings. The van der Waals surface area contributed by atoms with Gasteiger partial charge >= 0.3 is 0 Å². The maximum Gasteiger partial charge on any atom is 0.254 e. The number of ether oxygens (including phenoxy) is 1. The first-order valence-electron chi connectivity index (χ1n) is 9.53. The summed E-state index contributed by atoms with van der Waals surface area (Å²) < 4.78 is 5.73. The molecule has 5 heteroatoms. The van der Waals surface area contributed by atoms with Crippen LogP contribution >= 0.6 is 11.8 Å². The highest BCUT2D eigenvalue weighted by Crippen LogP contribution is 2.23. The maximum atomic E-state index is 12.9. The topological polar surface area (TPSA) is 32.8 Å². The first kappa shape index (κ1) is 18.6. The average Bonchev–Trinajstić information content (AvgIpc) is 3.31. The summed E-state index contributed by atoms with van der Waals surface area (Å²) >= 11 is 1.83. The van der Waals surface area contributed by atoms with Gasteiger partial charge in [0.25, 0.3) is 5.91 Å². The van der Waals surface area contributed by atoms with E-state index >= 15 is 0 Å². The van der Waals surface area contributed by atoms with Gasteiger partial charge < -0.3 is 14.5 Å². The maximum absolute atomic E-state index is 12.9. The third-order valence-corrected chi connectivity index (χ3v) is 5.87. The van der Waals surface area contributed by atoms with Crippen molar-refractivity contribution >= 4 is 17.7 Å². The van der Waals surface area contributed by atoms with Crippen molar-refractivity contribution in [1.29, 1.82) is 0 Å². The molecule has 1 aromatic rings. The molecule has 1 unspecified atom stereocenters. The van der Waals surface area contributed by atoms with Gasteiger partial charge in [-0.05, 0) is 81.5 Å². The zero-order valence-electron chi connectivity index (χ0n) is 15.3. The van der Waals surface area contributed by atoms with Gasteiger partial charge in [-0.2, -0.15) is 11.8 Å². The molecule has 1 aromatic carbocycles. The fourth-order valence-corrected chi connectivity index (χ4v) is 4.22. The lowest BCUT2D eigenvalue weighted by Crippen LogP contribution is -2.42. The first-order chi connectivity index (χ1) is 12.3. The monoisotopic (exact) mass is 362 g/mol. The van der Waals surface area contributed by atoms with Crippen LogP contribution in [0.4, 0.5) is 0 Å². The Morgan fingerprint density at radius 1 is 1.16 bits per heavy atom. The lowest BCUT2D eigenvalue weighted by molar-refractivity contribution is 0.0708. The van der Waals surface area contributed by atoms with Crippen molar-refractivity contribution in [2.24, 2.45) is 0 Å². The Morgan fingerprint density at radius 3 is 2.64 bits per heavy atom. The molecule has 2 aliphatic rings. The van der Waals surface area contributed by atoms with E-state index in [1.165, 1.54) is 25.9 Å². The summed E-state index contributed by atoms with van der Waals surface area (Å²) in [5.41, 5.74) is 0.782. The summed E-state index contributed by atoms with van der Waals surface area (Å²) in [7, 11) is 0. The molecule has 138 valence electrons. The van der Waals surface area contributed by atoms with Crippen LogP contribution in [-0.2, 0) is 0 Å². The molecule has 0 radical (unpaired) electrons. The van der Waals surface area contributed by atoms with Gasteiger partial charge in [-0.25, -0.2) is 0 Å². The largest absolute Gasteiger partial charge is 0.494 e. The van der Waals surface area contributed by atoms with Gasteiger partial charge in [0, 0.05) is 24.7 Å². The summed E-state index contributed by atoms with van der Waals surface area (Å²) in [5, 5.41) is 0. The van der Waals surface area contributed by atoms with Gasteiger partial charge in [-0.3, -0.25) is 4.79 Å². The molecule has 25 heavy (non-hydrogen) atoms. The van der Waals surface area contributed by atoms with Crippen LogP contribution in [-0.4, -0.2) is 66.5 Å². The number of thioether (sulfide) groups is 1. The number of benzene rings is 1. The van der Waals surface area contributed by atoms with E-state index in [0.29, 0.717) is 6.04 Å². The number of amides is 1. The molecule has 3 rings (SSSR count). The number of hydrogen-bond donors (Lipinski definition) is 0. The molecule has 2 aliphatic heterocycles. The van der Waals surface area contributed by atoms with Crippen LogP contribution in [0.1, 0.15) is 42.5 Å². The second-order valence-electron chi connectivity index (χ2n) is 7.02. The van der Waals surface area contributed by atoms with E-state index in [2.05, 4.69) is 16.1 Å². The summed E-state index contributed by atoms with van der Waals surface area (Å²) in [4.78, 5) is 17.5. The van der Waals surface area contributed by atoms with Gasteiger partial charge in [-0.15, -0.1) is 0 Å². The second-order valence-corrected chi connectivity index (χ2v) is 8.01. The van der Waals surface area contributed by atoms with E-state index < -0.39 is 0 Å². The molecule has 2 heterocycles. The molecule has 0 aromatic heterocycles. The average molecular weight is 363 g/mol. The molecule has 0 spiro atoms. The highest BCUT2D eigenvalue weighted by molar-refractivity contribution is 7.98. The number of carbonyl (C=O) groups excluding carboxylic acids is 1. The van der Waals surface area contributed by atoms with Crippen LogP contribution in [0.25, 0.3) is 0 Å². The molecule has 0 bridgehead atoms. The minimum atomic E-state index is 0.177. The Bertz CT molecular complexity index is 543. The van der Waals surface area contributed by atoms with Crippen LogP contribution < -0.4 is 4.74 Å². The summed E-state index contributed by atoms with van der Waals surface area (Å²) in [6.45, 7) is 5.06. The van der Waals surface area contributed by atoms with E-state index in [-0.39, 0.29) is 5.91 Å². The van der Waals surface area contributed by atoms with Gasteiger partial charge in [0.1, 0.15) is 5.75 Å². The van der Waals surface area contributed by atoms with Crippen molar-refractivity contribution in [3.8, 4) is 5.75 Å². The fraction of sp³-hybridized carbons (Fsp3) is 0.650. The quantitative estimate of drug-likeness (QED) is 0.663. The number of likely N-dealkylation sites (tertiary alicyclic amines) is 2. The van der Waals surface area contributed by atoms with Crippen LogP contribution in [0.15, 0.2) is 24.3 Å². The highest BCUT2D eigenvalue weighted by atomic mass is 32.2. The lowest BCUT2D eigenvalue weighted by atomic mass is 10.1. The molecule has 0 saturated carbocycles. The summed E-state index contributed by atoms with van der Waals surface area (Å²) in [6.07, 6.45) is 8.03. The Labute approximate surface area is 155 Å². The van der Waals surface area contributed by atoms with Crippen LogP contribution in [0.5, 0.6) is 5.75 Å². The van der Waals surface area contributed by atoms with Crippen LogP contribution in [0.2, 0.25) is 0 Å². The molecule has 4 nitrogen and oxygen atoms in total. The van der Waals surface area contributed by atoms with Gasteiger partial charge in [0.2, 0.25) is 0 Å². The molecule has 0 N–H and O–H groups in total. The normalized spacial score (nSPS) is 21.0. The van der Waals surface area contributed by atoms with Crippen molar-refractivity contribution in [1.82, 2.24) is 9.80 Å². The second kappa shape index (κ2) is 9.48. The molecular formula is C20H30N2O2S. The minimum Gasteiger partial charge on any atom is -0.494 e. The number of nitrogens with zero attached hydrogens (tertiary/aromatic N) is 2. The fourth-order valence-electron chi connectivity index (χ4n) is 3.81. The third-order valence-electron chi connectivity index (χ3n) is 5.17. The highest BCUT2D eigenvalue weighted by Gasteiger charge is 2.31. The van der Waals surface area contributed by atoms with E-state index in [1.807, 2.05) is 36.0 Å². The van der Waals surface area contributed by atoms with Crippen molar-refractivity contribution < 1.29 is 9.53 Å². The van der Waals surface area contributed by atoms with Gasteiger partial charge in [0.05, 0.1) is 6.61 Å². The predicted octanol–water partition coefficient (Wildman–Crippen LogP) is 3.52. The SMILES string of the molecule is CSCCCOc1ccc(C(=O)N2CCCC2CN2CCCC2)cc1. The van der Waals surface area contributed by atoms with Gasteiger partial charge in [0.15, 0.2) is 0 Å². The van der Waals surface area contributed by atoms with Crippen molar-refractivity contribution in [3.05, 3.63) is 29.8 Å². The first-order valence-corrected chi connectivity index (χ1v) is 10.9. The van der Waals surface area contributed by atoms with Crippen molar-refractivity contribution in [2.45, 2.75) is 38.1 Å². The van der Waals surface area contributed by atoms with E-state index in [4.69, 9.17) is 4.74 Å². The molecule has 1 amide bonds. The Kier molecular flexibility index (Phi) is 7.05. The molecule has 1 atom stereocenters. The van der Waals surface area contributed by atoms with Crippen molar-refractivity contribution in [2.75, 3.05) is 44.8 Å². The van der Waals surface area contributed by atoms with E-state index in [1.54, 1.807) is 0 Å². The number of hydrogen-bond acceptors (Lipinski definition) is 4. The van der Waals surface area contributed by atoms with E-state index in [9.17, 15) is 4.79 Å². The lowest BCUT2D eigenvalue weighted by Gasteiger charge is -2.28. The Morgan fingerprint density at radius 2 is 1.92 bits per heavy atom. The number of carbonyl (C=O) groups is 1. The predicted molar refractivity (Wildman–Crippen MR) is 105 cm³/mol. The minimum absolute atomic E-state index is 0.177. The summed E-state index contributed by atoms with van der Waals surface area (Å²) in [5.74, 6) is 2.15. The van der Waals surface area contributed by atoms with E-state index in [0.717, 1.165) is 56.0 Å². The Hall–Kier alpha value is -1.20. The van der Waals surface area contributed by atoms with Crippen molar-refractivity contribution in [3.63, 3.8) is 0 Å². The zero-order valence-corrected chi connectivity index (χ0v) is 16.1. The third kappa shape index (κ3) is 5.14. The van der Waals surface area contributed by atoms with Crippen LogP contribution in [0.3, 0.4) is 0 Å². The zero-order chi connectivity index (χ0) is 17.5. The van der Waals surface area contributed by atoms with Gasteiger partial charge in [-0.1, -0.05) is 0 Å². The summed E-state index contributed by atoms with van der Waals surface area (Å²) in [6, 6.07) is 8.07. The number of rotatable bonds is 8. The molecular weight excluding hydrogens is 332 g/mol. The standard InChI is InChI=1S/C20H30N2O2S/c1-25-15-5-14-24-19-9-7-17(8-10-19)20(23)22-13-4-6-18(22)16-21-11-2-3-12-21/h7-10,18H,2-6,11-16H2,1H3. The smallest absolute Gasteiger partial charge is 0.254 e. The molecule has 2 saturated heterocycles. The Balaban J connectivity index is 1.54. The van der Waals surface area contributed by atoms with Crippen LogP contribution in [0, 0.1) is 0 Å². The molecule has 0 aliphatic carbocycles.